The van der Waals surface area contributed by atoms with Crippen LogP contribution in [0.5, 0.6) is 0 Å². The molecule has 7 heteroatoms. The number of nitrogens with zero attached hydrogens (tertiary/aromatic N) is 2. The fourth-order valence-corrected chi connectivity index (χ4v) is 2.54. The third kappa shape index (κ3) is 4.65. The van der Waals surface area contributed by atoms with Crippen LogP contribution in [-0.4, -0.2) is 66.1 Å². The lowest BCUT2D eigenvalue weighted by Gasteiger charge is -2.33. The molecule has 114 valence electrons. The largest absolute Gasteiger partial charge is 0.395 e. The van der Waals surface area contributed by atoms with Gasteiger partial charge in [-0.2, -0.15) is 0 Å². The van der Waals surface area contributed by atoms with Crippen molar-refractivity contribution < 1.29 is 14.7 Å². The van der Waals surface area contributed by atoms with Crippen molar-refractivity contribution in [1.29, 1.82) is 0 Å². The summed E-state index contributed by atoms with van der Waals surface area (Å²) < 4.78 is 1.07. The number of nitrogens with one attached hydrogen (secondary N) is 1. The Hall–Kier alpha value is -1.19. The number of hydrogen-bond donors (Lipinski definition) is 2. The maximum absolute atomic E-state index is 12.1. The number of halogens is 1. The number of carbonyl (C=O) groups excluding carboxylic acids is 2. The summed E-state index contributed by atoms with van der Waals surface area (Å²) in [6.07, 6.45) is 0. The van der Waals surface area contributed by atoms with Crippen LogP contribution in [0.25, 0.3) is 0 Å². The lowest BCUT2D eigenvalue weighted by molar-refractivity contribution is -0.144. The minimum atomic E-state index is -0.605. The molecule has 1 aliphatic heterocycles. The van der Waals surface area contributed by atoms with Crippen molar-refractivity contribution in [2.24, 2.45) is 0 Å². The number of carbonyl (C=O) groups is 2. The average molecular weight is 403 g/mol. The van der Waals surface area contributed by atoms with E-state index in [1.165, 1.54) is 0 Å². The van der Waals surface area contributed by atoms with Crippen molar-refractivity contribution in [2.75, 3.05) is 44.6 Å². The number of anilines is 1. The third-order valence-corrected chi connectivity index (χ3v) is 4.09. The minimum Gasteiger partial charge on any atom is -0.395 e. The van der Waals surface area contributed by atoms with Crippen molar-refractivity contribution in [3.63, 3.8) is 0 Å². The molecule has 1 aliphatic rings. The fraction of sp³-hybridized carbons (Fsp3) is 0.429. The van der Waals surface area contributed by atoms with Crippen LogP contribution in [0.15, 0.2) is 24.3 Å². The van der Waals surface area contributed by atoms with E-state index in [1.54, 1.807) is 17.0 Å². The number of aliphatic hydroxyl groups is 1. The molecule has 0 aromatic heterocycles. The number of benzene rings is 1. The third-order valence-electron chi connectivity index (χ3n) is 3.37. The molecule has 1 heterocycles. The number of rotatable bonds is 3. The zero-order valence-corrected chi connectivity index (χ0v) is 13.7. The summed E-state index contributed by atoms with van der Waals surface area (Å²) in [7, 11) is 0. The molecule has 2 rings (SSSR count). The standard InChI is InChI=1S/C14H18IN3O3/c15-11-1-3-12(4-2-11)16-13(20)14(21)18-7-5-17(6-8-18)9-10-19/h1-4,19H,5-10H2,(H,16,20). The summed E-state index contributed by atoms with van der Waals surface area (Å²) in [4.78, 5) is 27.6. The number of amides is 2. The molecule has 1 saturated heterocycles. The predicted molar refractivity (Wildman–Crippen MR) is 87.9 cm³/mol. The monoisotopic (exact) mass is 403 g/mol. The summed E-state index contributed by atoms with van der Waals surface area (Å²) in [5.41, 5.74) is 0.618. The van der Waals surface area contributed by atoms with Gasteiger partial charge in [0.25, 0.3) is 0 Å². The van der Waals surface area contributed by atoms with E-state index in [0.29, 0.717) is 38.4 Å². The lowest BCUT2D eigenvalue weighted by atomic mass is 10.3. The van der Waals surface area contributed by atoms with Crippen molar-refractivity contribution >= 4 is 40.1 Å². The molecular weight excluding hydrogens is 385 g/mol. The summed E-state index contributed by atoms with van der Waals surface area (Å²) >= 11 is 2.18. The van der Waals surface area contributed by atoms with E-state index in [9.17, 15) is 9.59 Å². The molecular formula is C14H18IN3O3. The second kappa shape index (κ2) is 7.71. The van der Waals surface area contributed by atoms with Gasteiger partial charge in [0.2, 0.25) is 0 Å². The lowest BCUT2D eigenvalue weighted by Crippen LogP contribution is -2.52. The maximum Gasteiger partial charge on any atom is 0.313 e. The molecule has 0 spiro atoms. The molecule has 0 aliphatic carbocycles. The first-order valence-electron chi connectivity index (χ1n) is 6.79. The number of hydrogen-bond acceptors (Lipinski definition) is 4. The second-order valence-electron chi connectivity index (χ2n) is 4.82. The van der Waals surface area contributed by atoms with Gasteiger partial charge in [-0.1, -0.05) is 0 Å². The number of aliphatic hydroxyl groups excluding tert-OH is 1. The normalized spacial score (nSPS) is 15.8. The van der Waals surface area contributed by atoms with Crippen LogP contribution in [0, 0.1) is 3.57 Å². The van der Waals surface area contributed by atoms with Crippen LogP contribution >= 0.6 is 22.6 Å². The molecule has 0 bridgehead atoms. The Balaban J connectivity index is 1.85. The molecule has 1 fully saturated rings. The van der Waals surface area contributed by atoms with E-state index in [0.717, 1.165) is 3.57 Å². The quantitative estimate of drug-likeness (QED) is 0.565. The van der Waals surface area contributed by atoms with Crippen LogP contribution in [0.2, 0.25) is 0 Å². The molecule has 2 amide bonds. The van der Waals surface area contributed by atoms with Gasteiger partial charge in [0.15, 0.2) is 0 Å². The average Bonchev–Trinajstić information content (AvgIpc) is 2.50. The number of β-amino-alcohol motifs (C(OH)–C–C–N with tert-alkyl or cyclic N) is 1. The predicted octanol–water partition coefficient (Wildman–Crippen LogP) is 0.366. The first-order chi connectivity index (χ1) is 10.1. The van der Waals surface area contributed by atoms with Crippen LogP contribution in [0.1, 0.15) is 0 Å². The van der Waals surface area contributed by atoms with Crippen LogP contribution in [0.3, 0.4) is 0 Å². The molecule has 1 aromatic carbocycles. The zero-order chi connectivity index (χ0) is 15.2. The molecule has 0 saturated carbocycles. The van der Waals surface area contributed by atoms with Gasteiger partial charge >= 0.3 is 11.8 Å². The van der Waals surface area contributed by atoms with Gasteiger partial charge < -0.3 is 15.3 Å². The van der Waals surface area contributed by atoms with Crippen LogP contribution in [-0.2, 0) is 9.59 Å². The van der Waals surface area contributed by atoms with E-state index in [4.69, 9.17) is 5.11 Å². The van der Waals surface area contributed by atoms with Crippen molar-refractivity contribution in [3.05, 3.63) is 27.8 Å². The Morgan fingerprint density at radius 2 is 1.76 bits per heavy atom. The molecule has 1 aromatic rings. The highest BCUT2D eigenvalue weighted by Crippen LogP contribution is 2.11. The SMILES string of the molecule is O=C(Nc1ccc(I)cc1)C(=O)N1CCN(CCO)CC1. The first kappa shape index (κ1) is 16.2. The molecule has 2 N–H and O–H groups in total. The second-order valence-corrected chi connectivity index (χ2v) is 6.06. The van der Waals surface area contributed by atoms with E-state index in [1.807, 2.05) is 12.1 Å². The Bertz CT molecular complexity index is 499. The van der Waals surface area contributed by atoms with Gasteiger partial charge in [-0.15, -0.1) is 0 Å². The molecule has 0 atom stereocenters. The van der Waals surface area contributed by atoms with Gasteiger partial charge in [0.1, 0.15) is 0 Å². The van der Waals surface area contributed by atoms with Gasteiger partial charge in [-0.25, -0.2) is 0 Å². The van der Waals surface area contributed by atoms with E-state index in [2.05, 4.69) is 32.8 Å². The molecule has 0 radical (unpaired) electrons. The van der Waals surface area contributed by atoms with E-state index < -0.39 is 11.8 Å². The number of piperazine rings is 1. The van der Waals surface area contributed by atoms with Gasteiger partial charge in [0, 0.05) is 42.0 Å². The summed E-state index contributed by atoms with van der Waals surface area (Å²) in [6.45, 7) is 3.11. The van der Waals surface area contributed by atoms with Gasteiger partial charge in [0.05, 0.1) is 6.61 Å². The highest BCUT2D eigenvalue weighted by Gasteiger charge is 2.25. The minimum absolute atomic E-state index is 0.112. The summed E-state index contributed by atoms with van der Waals surface area (Å²) in [5, 5.41) is 11.5. The molecule has 6 nitrogen and oxygen atoms in total. The Kier molecular flexibility index (Phi) is 5.95. The Morgan fingerprint density at radius 3 is 2.33 bits per heavy atom. The topological polar surface area (TPSA) is 72.9 Å². The van der Waals surface area contributed by atoms with Crippen molar-refractivity contribution in [3.8, 4) is 0 Å². The highest BCUT2D eigenvalue weighted by atomic mass is 127. The fourth-order valence-electron chi connectivity index (χ4n) is 2.18. The van der Waals surface area contributed by atoms with Crippen molar-refractivity contribution in [1.82, 2.24) is 9.80 Å². The highest BCUT2D eigenvalue weighted by molar-refractivity contribution is 14.1. The van der Waals surface area contributed by atoms with E-state index in [-0.39, 0.29) is 6.61 Å². The van der Waals surface area contributed by atoms with Crippen LogP contribution < -0.4 is 5.32 Å². The van der Waals surface area contributed by atoms with Crippen LogP contribution in [0.4, 0.5) is 5.69 Å². The Labute approximate surface area is 137 Å². The summed E-state index contributed by atoms with van der Waals surface area (Å²) in [6, 6.07) is 7.28. The van der Waals surface area contributed by atoms with E-state index >= 15 is 0 Å². The maximum atomic E-state index is 12.1. The van der Waals surface area contributed by atoms with Crippen molar-refractivity contribution in [2.45, 2.75) is 0 Å². The first-order valence-corrected chi connectivity index (χ1v) is 7.87. The smallest absolute Gasteiger partial charge is 0.313 e. The van der Waals surface area contributed by atoms with Gasteiger partial charge in [-0.3, -0.25) is 14.5 Å². The zero-order valence-electron chi connectivity index (χ0n) is 11.6. The molecule has 21 heavy (non-hydrogen) atoms. The summed E-state index contributed by atoms with van der Waals surface area (Å²) in [5.74, 6) is -1.11. The Morgan fingerprint density at radius 1 is 1.14 bits per heavy atom. The molecule has 0 unspecified atom stereocenters. The van der Waals surface area contributed by atoms with Gasteiger partial charge in [-0.05, 0) is 46.9 Å².